The number of esters is 2. The molecule has 0 atom stereocenters. The fourth-order valence-corrected chi connectivity index (χ4v) is 3.97. The maximum absolute atomic E-state index is 12.6. The summed E-state index contributed by atoms with van der Waals surface area (Å²) in [5.41, 5.74) is 1.55. The van der Waals surface area contributed by atoms with Crippen LogP contribution in [-0.2, 0) is 14.3 Å². The van der Waals surface area contributed by atoms with E-state index >= 15 is 0 Å². The summed E-state index contributed by atoms with van der Waals surface area (Å²) >= 11 is 1.10. The molecule has 0 fully saturated rings. The fourth-order valence-electron chi connectivity index (χ4n) is 2.79. The van der Waals surface area contributed by atoms with E-state index in [1.165, 1.54) is 6.92 Å². The second kappa shape index (κ2) is 7.79. The highest BCUT2D eigenvalue weighted by Crippen LogP contribution is 2.43. The predicted molar refractivity (Wildman–Crippen MR) is 101 cm³/mol. The van der Waals surface area contributed by atoms with Crippen molar-refractivity contribution in [3.05, 3.63) is 34.8 Å². The zero-order valence-electron chi connectivity index (χ0n) is 15.2. The minimum atomic E-state index is -0.559. The lowest BCUT2D eigenvalue weighted by Crippen LogP contribution is -2.10. The molecule has 8 heteroatoms. The van der Waals surface area contributed by atoms with E-state index in [-0.39, 0.29) is 36.2 Å². The number of rotatable bonds is 7. The van der Waals surface area contributed by atoms with E-state index in [2.05, 4.69) is 0 Å². The third kappa shape index (κ3) is 3.40. The Morgan fingerprint density at radius 1 is 1.07 bits per heavy atom. The van der Waals surface area contributed by atoms with Gasteiger partial charge in [-0.2, -0.15) is 0 Å². The number of carbonyl (C=O) groups excluding carboxylic acids is 3. The van der Waals surface area contributed by atoms with Crippen LogP contribution in [0.25, 0.3) is 15.7 Å². The highest BCUT2D eigenvalue weighted by molar-refractivity contribution is 7.21. The van der Waals surface area contributed by atoms with Crippen LogP contribution in [0, 0.1) is 0 Å². The SMILES string of the molecule is CCOC(=O)c1sc2c(C(=O)OCC)c3ccccn3c2c1OCC(C)=O. The maximum atomic E-state index is 12.6. The Kier molecular flexibility index (Phi) is 5.46. The number of ether oxygens (including phenoxy) is 3. The second-order valence-electron chi connectivity index (χ2n) is 5.70. The quantitative estimate of drug-likeness (QED) is 0.576. The van der Waals surface area contributed by atoms with E-state index < -0.39 is 11.9 Å². The van der Waals surface area contributed by atoms with Gasteiger partial charge in [-0.3, -0.25) is 4.79 Å². The number of Topliss-reactive ketones (excluding diaryl/α,β-unsaturated/α-hetero) is 1. The number of nitrogens with zero attached hydrogens (tertiary/aromatic N) is 1. The summed E-state index contributed by atoms with van der Waals surface area (Å²) in [6.45, 7) is 5.07. The molecule has 0 N–H and O–H groups in total. The van der Waals surface area contributed by atoms with E-state index in [0.717, 1.165) is 11.3 Å². The molecule has 0 unspecified atom stereocenters. The summed E-state index contributed by atoms with van der Waals surface area (Å²) in [4.78, 5) is 36.6. The van der Waals surface area contributed by atoms with Gasteiger partial charge in [0.1, 0.15) is 17.7 Å². The summed E-state index contributed by atoms with van der Waals surface area (Å²) in [7, 11) is 0. The molecule has 0 aromatic carbocycles. The Bertz CT molecular complexity index is 1030. The van der Waals surface area contributed by atoms with E-state index in [1.54, 1.807) is 36.6 Å². The lowest BCUT2D eigenvalue weighted by atomic mass is 10.2. The van der Waals surface area contributed by atoms with E-state index in [0.29, 0.717) is 21.3 Å². The normalized spacial score (nSPS) is 10.9. The largest absolute Gasteiger partial charge is 0.482 e. The van der Waals surface area contributed by atoms with Gasteiger partial charge in [0.25, 0.3) is 0 Å². The second-order valence-corrected chi connectivity index (χ2v) is 6.72. The summed E-state index contributed by atoms with van der Waals surface area (Å²) in [5, 5.41) is 0. The van der Waals surface area contributed by atoms with Gasteiger partial charge >= 0.3 is 11.9 Å². The van der Waals surface area contributed by atoms with Gasteiger partial charge in [0, 0.05) is 6.20 Å². The third-order valence-electron chi connectivity index (χ3n) is 3.78. The Labute approximate surface area is 159 Å². The van der Waals surface area contributed by atoms with Crippen LogP contribution in [-0.4, -0.2) is 41.9 Å². The fraction of sp³-hybridized carbons (Fsp3) is 0.316. The number of ketones is 1. The van der Waals surface area contributed by atoms with Gasteiger partial charge in [0.2, 0.25) is 0 Å². The number of fused-ring (bicyclic) bond motifs is 3. The number of carbonyl (C=O) groups is 3. The molecular formula is C19H19NO6S. The third-order valence-corrected chi connectivity index (χ3v) is 4.94. The van der Waals surface area contributed by atoms with Gasteiger partial charge in [0.15, 0.2) is 16.4 Å². The van der Waals surface area contributed by atoms with Crippen LogP contribution in [0.3, 0.4) is 0 Å². The highest BCUT2D eigenvalue weighted by Gasteiger charge is 2.29. The molecule has 3 heterocycles. The molecule has 142 valence electrons. The van der Waals surface area contributed by atoms with Gasteiger partial charge in [-0.1, -0.05) is 6.07 Å². The molecule has 0 saturated heterocycles. The predicted octanol–water partition coefficient (Wildman–Crippen LogP) is 3.48. The average molecular weight is 389 g/mol. The molecule has 0 aliphatic rings. The van der Waals surface area contributed by atoms with Crippen LogP contribution in [0.15, 0.2) is 24.4 Å². The van der Waals surface area contributed by atoms with Crippen molar-refractivity contribution in [1.29, 1.82) is 0 Å². The minimum Gasteiger partial charge on any atom is -0.482 e. The first-order valence-corrected chi connectivity index (χ1v) is 9.33. The zero-order chi connectivity index (χ0) is 19.6. The number of hydrogen-bond acceptors (Lipinski definition) is 7. The van der Waals surface area contributed by atoms with Crippen molar-refractivity contribution in [2.45, 2.75) is 20.8 Å². The molecule has 0 aliphatic carbocycles. The highest BCUT2D eigenvalue weighted by atomic mass is 32.1. The van der Waals surface area contributed by atoms with Crippen molar-refractivity contribution in [2.24, 2.45) is 0 Å². The molecular weight excluding hydrogens is 370 g/mol. The molecule has 0 saturated carbocycles. The Morgan fingerprint density at radius 3 is 2.44 bits per heavy atom. The molecule has 7 nitrogen and oxygen atoms in total. The van der Waals surface area contributed by atoms with E-state index in [1.807, 2.05) is 6.07 Å². The molecule has 0 radical (unpaired) electrons. The summed E-state index contributed by atoms with van der Waals surface area (Å²) in [6.07, 6.45) is 1.77. The zero-order valence-corrected chi connectivity index (χ0v) is 16.1. The van der Waals surface area contributed by atoms with Crippen LogP contribution in [0.5, 0.6) is 5.75 Å². The lowest BCUT2D eigenvalue weighted by molar-refractivity contribution is -0.118. The molecule has 0 bridgehead atoms. The Balaban J connectivity index is 2.32. The van der Waals surface area contributed by atoms with Crippen molar-refractivity contribution in [3.63, 3.8) is 0 Å². The lowest BCUT2D eigenvalue weighted by Gasteiger charge is -2.07. The van der Waals surface area contributed by atoms with Crippen LogP contribution in [0.2, 0.25) is 0 Å². The first kappa shape index (κ1) is 18.9. The molecule has 0 aliphatic heterocycles. The van der Waals surface area contributed by atoms with Gasteiger partial charge in [-0.25, -0.2) is 9.59 Å². The topological polar surface area (TPSA) is 83.3 Å². The van der Waals surface area contributed by atoms with Crippen molar-refractivity contribution >= 4 is 44.8 Å². The number of aromatic nitrogens is 1. The van der Waals surface area contributed by atoms with Crippen LogP contribution in [0.1, 0.15) is 40.8 Å². The van der Waals surface area contributed by atoms with E-state index in [9.17, 15) is 14.4 Å². The summed E-state index contributed by atoms with van der Waals surface area (Å²) in [6, 6.07) is 5.40. The Hall–Kier alpha value is -2.87. The number of hydrogen-bond donors (Lipinski definition) is 0. The van der Waals surface area contributed by atoms with Crippen LogP contribution >= 0.6 is 11.3 Å². The smallest absolute Gasteiger partial charge is 0.352 e. The first-order valence-electron chi connectivity index (χ1n) is 8.51. The minimum absolute atomic E-state index is 0.185. The van der Waals surface area contributed by atoms with Crippen molar-refractivity contribution < 1.29 is 28.6 Å². The first-order chi connectivity index (χ1) is 13.0. The molecule has 0 spiro atoms. The summed E-state index contributed by atoms with van der Waals surface area (Å²) < 4.78 is 18.3. The summed E-state index contributed by atoms with van der Waals surface area (Å²) in [5.74, 6) is -0.987. The van der Waals surface area contributed by atoms with Gasteiger partial charge in [-0.15, -0.1) is 11.3 Å². The molecule has 3 aromatic rings. The monoisotopic (exact) mass is 389 g/mol. The van der Waals surface area contributed by atoms with Crippen molar-refractivity contribution in [1.82, 2.24) is 4.40 Å². The standard InChI is InChI=1S/C19H19NO6S/c1-4-24-18(22)13-12-8-6-7-9-20(12)14-15(26-10-11(3)21)17(27-16(13)14)19(23)25-5-2/h6-9H,4-5,10H2,1-3H3. The molecule has 0 amide bonds. The average Bonchev–Trinajstić information content (AvgIpc) is 3.14. The van der Waals surface area contributed by atoms with Gasteiger partial charge in [-0.05, 0) is 32.9 Å². The number of thiophene rings is 1. The van der Waals surface area contributed by atoms with Crippen LogP contribution < -0.4 is 4.74 Å². The van der Waals surface area contributed by atoms with Gasteiger partial charge in [0.05, 0.1) is 23.4 Å². The maximum Gasteiger partial charge on any atom is 0.352 e. The van der Waals surface area contributed by atoms with Crippen LogP contribution in [0.4, 0.5) is 0 Å². The molecule has 3 rings (SSSR count). The molecule has 27 heavy (non-hydrogen) atoms. The van der Waals surface area contributed by atoms with Gasteiger partial charge < -0.3 is 18.6 Å². The van der Waals surface area contributed by atoms with Crippen molar-refractivity contribution in [3.8, 4) is 5.75 Å². The molecule has 3 aromatic heterocycles. The van der Waals surface area contributed by atoms with E-state index in [4.69, 9.17) is 14.2 Å². The van der Waals surface area contributed by atoms with Crippen molar-refractivity contribution in [2.75, 3.05) is 19.8 Å². The Morgan fingerprint density at radius 2 is 1.78 bits per heavy atom. The number of pyridine rings is 1.